The first-order valence-corrected chi connectivity index (χ1v) is 4.91. The standard InChI is InChI=1S/C12H14O4/c1-3-7-16-10-6-5-9(12(13)14)8-11(10)15-4-2/h3,5-6,8H,1,4,7H2,2H3,(H,13,14)/p-1. The second-order valence-corrected chi connectivity index (χ2v) is 2.98. The first kappa shape index (κ1) is 12.1. The molecule has 4 heteroatoms. The van der Waals surface area contributed by atoms with Crippen LogP contribution in [0.2, 0.25) is 0 Å². The third-order valence-corrected chi connectivity index (χ3v) is 1.84. The van der Waals surface area contributed by atoms with Gasteiger partial charge in [-0.15, -0.1) is 0 Å². The fourth-order valence-corrected chi connectivity index (χ4v) is 1.17. The fraction of sp³-hybridized carbons (Fsp3) is 0.250. The van der Waals surface area contributed by atoms with Gasteiger partial charge >= 0.3 is 0 Å². The Bertz CT molecular complexity index is 385. The van der Waals surface area contributed by atoms with Gasteiger partial charge in [0, 0.05) is 5.56 Å². The average molecular weight is 221 g/mol. The molecule has 1 aromatic carbocycles. The van der Waals surface area contributed by atoms with Gasteiger partial charge in [0.05, 0.1) is 12.6 Å². The molecule has 0 amide bonds. The molecular formula is C12H13O4-. The maximum absolute atomic E-state index is 10.7. The molecule has 86 valence electrons. The molecule has 0 fully saturated rings. The summed E-state index contributed by atoms with van der Waals surface area (Å²) in [6.07, 6.45) is 1.60. The monoisotopic (exact) mass is 221 g/mol. The van der Waals surface area contributed by atoms with Gasteiger partial charge in [0.25, 0.3) is 0 Å². The first-order chi connectivity index (χ1) is 7.69. The molecule has 0 bridgehead atoms. The Balaban J connectivity index is 2.98. The lowest BCUT2D eigenvalue weighted by Crippen LogP contribution is -2.22. The van der Waals surface area contributed by atoms with Crippen molar-refractivity contribution in [3.05, 3.63) is 36.4 Å². The van der Waals surface area contributed by atoms with Crippen molar-refractivity contribution >= 4 is 5.97 Å². The van der Waals surface area contributed by atoms with E-state index in [0.29, 0.717) is 24.7 Å². The van der Waals surface area contributed by atoms with Crippen molar-refractivity contribution in [2.24, 2.45) is 0 Å². The Morgan fingerprint density at radius 3 is 2.75 bits per heavy atom. The second-order valence-electron chi connectivity index (χ2n) is 2.98. The molecule has 0 atom stereocenters. The molecule has 1 rings (SSSR count). The molecule has 0 unspecified atom stereocenters. The van der Waals surface area contributed by atoms with Crippen molar-refractivity contribution in [2.75, 3.05) is 13.2 Å². The highest BCUT2D eigenvalue weighted by Crippen LogP contribution is 2.28. The van der Waals surface area contributed by atoms with Crippen LogP contribution in [0, 0.1) is 0 Å². The first-order valence-electron chi connectivity index (χ1n) is 4.91. The molecule has 0 saturated heterocycles. The van der Waals surface area contributed by atoms with Gasteiger partial charge in [0.2, 0.25) is 0 Å². The van der Waals surface area contributed by atoms with Crippen LogP contribution in [-0.2, 0) is 0 Å². The van der Waals surface area contributed by atoms with E-state index in [1.807, 2.05) is 6.92 Å². The molecule has 4 nitrogen and oxygen atoms in total. The Hall–Kier alpha value is -1.97. The van der Waals surface area contributed by atoms with Crippen LogP contribution < -0.4 is 14.6 Å². The lowest BCUT2D eigenvalue weighted by Gasteiger charge is -2.12. The Morgan fingerprint density at radius 2 is 2.19 bits per heavy atom. The van der Waals surface area contributed by atoms with Crippen LogP contribution in [0.3, 0.4) is 0 Å². The summed E-state index contributed by atoms with van der Waals surface area (Å²) >= 11 is 0. The van der Waals surface area contributed by atoms with E-state index in [2.05, 4.69) is 6.58 Å². The van der Waals surface area contributed by atoms with E-state index in [1.165, 1.54) is 12.1 Å². The smallest absolute Gasteiger partial charge is 0.161 e. The fourth-order valence-electron chi connectivity index (χ4n) is 1.17. The van der Waals surface area contributed by atoms with Crippen LogP contribution in [0.5, 0.6) is 11.5 Å². The summed E-state index contributed by atoms with van der Waals surface area (Å²) in [6, 6.07) is 4.34. The maximum Gasteiger partial charge on any atom is 0.161 e. The minimum absolute atomic E-state index is 0.0643. The number of ether oxygens (including phenoxy) is 2. The SMILES string of the molecule is C=CCOc1ccc(C(=O)[O-])cc1OCC. The van der Waals surface area contributed by atoms with Crippen molar-refractivity contribution in [3.8, 4) is 11.5 Å². The molecule has 0 spiro atoms. The predicted molar refractivity (Wildman–Crippen MR) is 57.6 cm³/mol. The minimum Gasteiger partial charge on any atom is -0.545 e. The summed E-state index contributed by atoms with van der Waals surface area (Å²) in [7, 11) is 0. The number of carbonyl (C=O) groups is 1. The van der Waals surface area contributed by atoms with Crippen LogP contribution in [0.15, 0.2) is 30.9 Å². The molecule has 0 aliphatic carbocycles. The highest BCUT2D eigenvalue weighted by Gasteiger charge is 2.06. The van der Waals surface area contributed by atoms with Crippen LogP contribution in [0.25, 0.3) is 0 Å². The Labute approximate surface area is 94.1 Å². The van der Waals surface area contributed by atoms with E-state index >= 15 is 0 Å². The third-order valence-electron chi connectivity index (χ3n) is 1.84. The number of hydrogen-bond donors (Lipinski definition) is 0. The normalized spacial score (nSPS) is 9.56. The van der Waals surface area contributed by atoms with Crippen LogP contribution >= 0.6 is 0 Å². The molecule has 0 aliphatic rings. The van der Waals surface area contributed by atoms with E-state index in [4.69, 9.17) is 9.47 Å². The third kappa shape index (κ3) is 3.02. The van der Waals surface area contributed by atoms with Crippen LogP contribution in [0.1, 0.15) is 17.3 Å². The van der Waals surface area contributed by atoms with Gasteiger partial charge in [-0.05, 0) is 25.1 Å². The Morgan fingerprint density at radius 1 is 1.44 bits per heavy atom. The second kappa shape index (κ2) is 5.80. The summed E-state index contributed by atoms with van der Waals surface area (Å²) in [5, 5.41) is 10.7. The number of carbonyl (C=O) groups excluding carboxylic acids is 1. The summed E-state index contributed by atoms with van der Waals surface area (Å²) in [5.74, 6) is -0.353. The number of rotatable bonds is 6. The molecule has 0 saturated carbocycles. The molecule has 0 N–H and O–H groups in total. The summed E-state index contributed by atoms with van der Waals surface area (Å²) in [5.41, 5.74) is 0.0643. The number of benzene rings is 1. The zero-order valence-electron chi connectivity index (χ0n) is 9.06. The van der Waals surface area contributed by atoms with Crippen LogP contribution in [-0.4, -0.2) is 19.2 Å². The predicted octanol–water partition coefficient (Wildman–Crippen LogP) is 1.01. The van der Waals surface area contributed by atoms with E-state index in [0.717, 1.165) is 0 Å². The molecule has 0 heterocycles. The van der Waals surface area contributed by atoms with Crippen LogP contribution in [0.4, 0.5) is 0 Å². The highest BCUT2D eigenvalue weighted by atomic mass is 16.5. The zero-order valence-corrected chi connectivity index (χ0v) is 9.06. The number of aromatic carboxylic acids is 1. The van der Waals surface area contributed by atoms with Crippen molar-refractivity contribution < 1.29 is 19.4 Å². The number of carboxylic acids is 1. The molecule has 0 aromatic heterocycles. The molecule has 0 radical (unpaired) electrons. The van der Waals surface area contributed by atoms with Gasteiger partial charge < -0.3 is 19.4 Å². The number of hydrogen-bond acceptors (Lipinski definition) is 4. The minimum atomic E-state index is -1.24. The van der Waals surface area contributed by atoms with E-state index < -0.39 is 5.97 Å². The van der Waals surface area contributed by atoms with Crippen molar-refractivity contribution in [1.29, 1.82) is 0 Å². The summed E-state index contributed by atoms with van der Waals surface area (Å²) < 4.78 is 10.6. The van der Waals surface area contributed by atoms with Gasteiger partial charge in [-0.1, -0.05) is 12.7 Å². The van der Waals surface area contributed by atoms with Gasteiger partial charge in [0.1, 0.15) is 6.61 Å². The molecule has 0 aliphatic heterocycles. The molecule has 16 heavy (non-hydrogen) atoms. The Kier molecular flexibility index (Phi) is 4.39. The van der Waals surface area contributed by atoms with Crippen molar-refractivity contribution in [2.45, 2.75) is 6.92 Å². The van der Waals surface area contributed by atoms with Gasteiger partial charge in [-0.25, -0.2) is 0 Å². The van der Waals surface area contributed by atoms with E-state index in [1.54, 1.807) is 12.1 Å². The molecular weight excluding hydrogens is 208 g/mol. The molecule has 1 aromatic rings. The van der Waals surface area contributed by atoms with Gasteiger partial charge in [-0.2, -0.15) is 0 Å². The number of carboxylic acid groups (broad SMARTS) is 1. The highest BCUT2D eigenvalue weighted by molar-refractivity contribution is 5.86. The maximum atomic E-state index is 10.7. The van der Waals surface area contributed by atoms with E-state index in [-0.39, 0.29) is 5.56 Å². The topological polar surface area (TPSA) is 58.6 Å². The lowest BCUT2D eigenvalue weighted by molar-refractivity contribution is -0.255. The average Bonchev–Trinajstić information content (AvgIpc) is 2.27. The quantitative estimate of drug-likeness (QED) is 0.673. The zero-order chi connectivity index (χ0) is 12.0. The summed E-state index contributed by atoms with van der Waals surface area (Å²) in [6.45, 7) is 6.11. The van der Waals surface area contributed by atoms with Crippen molar-refractivity contribution in [3.63, 3.8) is 0 Å². The summed E-state index contributed by atoms with van der Waals surface area (Å²) in [4.78, 5) is 10.7. The lowest BCUT2D eigenvalue weighted by atomic mass is 10.2. The van der Waals surface area contributed by atoms with Crippen molar-refractivity contribution in [1.82, 2.24) is 0 Å². The van der Waals surface area contributed by atoms with E-state index in [9.17, 15) is 9.90 Å². The largest absolute Gasteiger partial charge is 0.545 e. The van der Waals surface area contributed by atoms with Gasteiger partial charge in [-0.3, -0.25) is 0 Å². The van der Waals surface area contributed by atoms with Gasteiger partial charge in [0.15, 0.2) is 11.5 Å².